The highest BCUT2D eigenvalue weighted by Crippen LogP contribution is 2.28. The molecule has 1 N–H and O–H groups in total. The van der Waals surface area contributed by atoms with Crippen molar-refractivity contribution < 1.29 is 24.0 Å². The molecule has 0 aliphatic heterocycles. The number of nitrogens with zero attached hydrogens (tertiary/aromatic N) is 3. The highest BCUT2D eigenvalue weighted by molar-refractivity contribution is 5.95. The number of methoxy groups -OCH3 is 1. The van der Waals surface area contributed by atoms with Gasteiger partial charge in [-0.1, -0.05) is 0 Å². The van der Waals surface area contributed by atoms with Crippen LogP contribution in [0.25, 0.3) is 0 Å². The van der Waals surface area contributed by atoms with Crippen LogP contribution in [0.5, 0.6) is 11.5 Å². The molecule has 3 aromatic rings. The van der Waals surface area contributed by atoms with Gasteiger partial charge in [0.15, 0.2) is 11.5 Å². The Morgan fingerprint density at radius 1 is 1.03 bits per heavy atom. The first kappa shape index (κ1) is 21.1. The van der Waals surface area contributed by atoms with Gasteiger partial charge < -0.3 is 9.47 Å². The lowest BCUT2D eigenvalue weighted by Gasteiger charge is -2.10. The third kappa shape index (κ3) is 5.48. The van der Waals surface area contributed by atoms with E-state index in [-0.39, 0.29) is 28.7 Å². The van der Waals surface area contributed by atoms with Crippen LogP contribution in [0.2, 0.25) is 0 Å². The molecule has 1 amide bonds. The SMILES string of the molecule is COc1cc(C=NNC(=O)c2ccncc2)ccc1OC(=O)c1ccc([N+](=O)[O-])cc1. The fraction of sp³-hybridized carbons (Fsp3) is 0.0476. The summed E-state index contributed by atoms with van der Waals surface area (Å²) in [6, 6.07) is 12.8. The fourth-order valence-corrected chi connectivity index (χ4v) is 2.46. The van der Waals surface area contributed by atoms with Crippen LogP contribution in [0.1, 0.15) is 26.3 Å². The summed E-state index contributed by atoms with van der Waals surface area (Å²) < 4.78 is 10.6. The number of hydrazone groups is 1. The predicted molar refractivity (Wildman–Crippen MR) is 110 cm³/mol. The van der Waals surface area contributed by atoms with E-state index in [0.717, 1.165) is 0 Å². The molecular weight excluding hydrogens is 404 g/mol. The predicted octanol–water partition coefficient (Wildman–Crippen LogP) is 2.98. The van der Waals surface area contributed by atoms with E-state index < -0.39 is 10.9 Å². The minimum Gasteiger partial charge on any atom is -0.493 e. The van der Waals surface area contributed by atoms with E-state index in [9.17, 15) is 19.7 Å². The van der Waals surface area contributed by atoms with Gasteiger partial charge in [0.1, 0.15) is 0 Å². The summed E-state index contributed by atoms with van der Waals surface area (Å²) in [4.78, 5) is 38.2. The van der Waals surface area contributed by atoms with E-state index in [1.54, 1.807) is 24.3 Å². The molecule has 0 aliphatic rings. The zero-order chi connectivity index (χ0) is 22.2. The van der Waals surface area contributed by atoms with E-state index >= 15 is 0 Å². The van der Waals surface area contributed by atoms with Crippen LogP contribution in [0.15, 0.2) is 72.1 Å². The largest absolute Gasteiger partial charge is 0.493 e. The van der Waals surface area contributed by atoms with Crippen molar-refractivity contribution in [2.45, 2.75) is 0 Å². The van der Waals surface area contributed by atoms with Crippen molar-refractivity contribution >= 4 is 23.8 Å². The van der Waals surface area contributed by atoms with Crippen molar-refractivity contribution in [3.05, 3.63) is 93.8 Å². The number of carbonyl (C=O) groups excluding carboxylic acids is 2. The number of hydrogen-bond donors (Lipinski definition) is 1. The summed E-state index contributed by atoms with van der Waals surface area (Å²) in [6.45, 7) is 0. The Labute approximate surface area is 176 Å². The molecule has 0 saturated carbocycles. The fourth-order valence-electron chi connectivity index (χ4n) is 2.46. The molecule has 0 radical (unpaired) electrons. The van der Waals surface area contributed by atoms with Crippen LogP contribution >= 0.6 is 0 Å². The van der Waals surface area contributed by atoms with Gasteiger partial charge in [-0.3, -0.25) is 19.9 Å². The number of hydrogen-bond acceptors (Lipinski definition) is 8. The molecule has 0 spiro atoms. The second-order valence-electron chi connectivity index (χ2n) is 6.04. The van der Waals surface area contributed by atoms with Crippen molar-refractivity contribution in [1.29, 1.82) is 0 Å². The number of non-ortho nitro benzene ring substituents is 1. The Hall–Kier alpha value is -4.60. The molecule has 10 nitrogen and oxygen atoms in total. The first-order valence-electron chi connectivity index (χ1n) is 8.86. The molecule has 3 rings (SSSR count). The number of aromatic nitrogens is 1. The first-order chi connectivity index (χ1) is 15.0. The second kappa shape index (κ2) is 9.74. The van der Waals surface area contributed by atoms with E-state index in [1.165, 1.54) is 56.0 Å². The zero-order valence-electron chi connectivity index (χ0n) is 16.2. The molecule has 0 aliphatic carbocycles. The summed E-state index contributed by atoms with van der Waals surface area (Å²) in [5, 5.41) is 14.6. The Bertz CT molecular complexity index is 1130. The summed E-state index contributed by atoms with van der Waals surface area (Å²) >= 11 is 0. The van der Waals surface area contributed by atoms with Gasteiger partial charge in [0.2, 0.25) is 0 Å². The van der Waals surface area contributed by atoms with E-state index in [1.807, 2.05) is 0 Å². The molecule has 10 heteroatoms. The maximum atomic E-state index is 12.3. The zero-order valence-corrected chi connectivity index (χ0v) is 16.2. The Balaban J connectivity index is 1.67. The van der Waals surface area contributed by atoms with E-state index in [4.69, 9.17) is 9.47 Å². The molecule has 31 heavy (non-hydrogen) atoms. The van der Waals surface area contributed by atoms with Crippen LogP contribution in [0.4, 0.5) is 5.69 Å². The Morgan fingerprint density at radius 2 is 1.74 bits per heavy atom. The second-order valence-corrected chi connectivity index (χ2v) is 6.04. The number of esters is 1. The Morgan fingerprint density at radius 3 is 2.39 bits per heavy atom. The molecule has 0 bridgehead atoms. The van der Waals surface area contributed by atoms with Crippen LogP contribution in [-0.2, 0) is 0 Å². The number of nitrogens with one attached hydrogen (secondary N) is 1. The van der Waals surface area contributed by atoms with Gasteiger partial charge in [0.25, 0.3) is 11.6 Å². The van der Waals surface area contributed by atoms with Crippen molar-refractivity contribution in [2.24, 2.45) is 5.10 Å². The smallest absolute Gasteiger partial charge is 0.343 e. The lowest BCUT2D eigenvalue weighted by molar-refractivity contribution is -0.384. The molecule has 1 heterocycles. The van der Waals surface area contributed by atoms with Crippen molar-refractivity contribution in [2.75, 3.05) is 7.11 Å². The first-order valence-corrected chi connectivity index (χ1v) is 8.86. The summed E-state index contributed by atoms with van der Waals surface area (Å²) in [7, 11) is 1.41. The van der Waals surface area contributed by atoms with Crippen LogP contribution < -0.4 is 14.9 Å². The van der Waals surface area contributed by atoms with Crippen LogP contribution in [-0.4, -0.2) is 35.1 Å². The van der Waals surface area contributed by atoms with E-state index in [0.29, 0.717) is 11.1 Å². The molecule has 1 aromatic heterocycles. The minimum atomic E-state index is -0.695. The molecular formula is C21H16N4O6. The third-order valence-electron chi connectivity index (χ3n) is 4.03. The highest BCUT2D eigenvalue weighted by atomic mass is 16.6. The van der Waals surface area contributed by atoms with Gasteiger partial charge in [-0.25, -0.2) is 10.2 Å². The summed E-state index contributed by atoms with van der Waals surface area (Å²) in [5.41, 5.74) is 3.41. The molecule has 0 saturated heterocycles. The van der Waals surface area contributed by atoms with Crippen molar-refractivity contribution in [3.8, 4) is 11.5 Å². The Kier molecular flexibility index (Phi) is 6.64. The quantitative estimate of drug-likeness (QED) is 0.204. The number of nitro groups is 1. The van der Waals surface area contributed by atoms with Crippen molar-refractivity contribution in [1.82, 2.24) is 10.4 Å². The average Bonchev–Trinajstić information content (AvgIpc) is 2.80. The number of carbonyl (C=O) groups is 2. The van der Waals surface area contributed by atoms with Gasteiger partial charge in [0.05, 0.1) is 23.8 Å². The standard InChI is InChI=1S/C21H16N4O6/c1-30-19-12-14(13-23-24-20(26)15-8-10-22-11-9-15)2-7-18(19)31-21(27)16-3-5-17(6-4-16)25(28)29/h2-13H,1H3,(H,24,26). The van der Waals surface area contributed by atoms with Crippen LogP contribution in [0, 0.1) is 10.1 Å². The summed E-state index contributed by atoms with van der Waals surface area (Å²) in [5.74, 6) is -0.665. The van der Waals surface area contributed by atoms with E-state index in [2.05, 4.69) is 15.5 Å². The number of nitro benzene ring substituents is 1. The lowest BCUT2D eigenvalue weighted by atomic mass is 10.2. The molecule has 0 unspecified atom stereocenters. The maximum Gasteiger partial charge on any atom is 0.343 e. The van der Waals surface area contributed by atoms with Crippen LogP contribution in [0.3, 0.4) is 0 Å². The highest BCUT2D eigenvalue weighted by Gasteiger charge is 2.14. The van der Waals surface area contributed by atoms with Crippen molar-refractivity contribution in [3.63, 3.8) is 0 Å². The average molecular weight is 420 g/mol. The van der Waals surface area contributed by atoms with Gasteiger partial charge in [-0.05, 0) is 48.0 Å². The topological polar surface area (TPSA) is 133 Å². The third-order valence-corrected chi connectivity index (χ3v) is 4.03. The van der Waals surface area contributed by atoms with Gasteiger partial charge in [-0.15, -0.1) is 0 Å². The van der Waals surface area contributed by atoms with Gasteiger partial charge >= 0.3 is 5.97 Å². The minimum absolute atomic E-state index is 0.131. The van der Waals surface area contributed by atoms with Gasteiger partial charge in [-0.2, -0.15) is 5.10 Å². The molecule has 2 aromatic carbocycles. The maximum absolute atomic E-state index is 12.3. The molecule has 0 fully saturated rings. The molecule has 156 valence electrons. The molecule has 0 atom stereocenters. The lowest BCUT2D eigenvalue weighted by Crippen LogP contribution is -2.17. The normalized spacial score (nSPS) is 10.5. The monoisotopic (exact) mass is 420 g/mol. The number of pyridine rings is 1. The number of ether oxygens (including phenoxy) is 2. The number of rotatable bonds is 7. The number of amides is 1. The summed E-state index contributed by atoms with van der Waals surface area (Å²) in [6.07, 6.45) is 4.41. The van der Waals surface area contributed by atoms with Gasteiger partial charge in [0, 0.05) is 30.1 Å². The number of benzene rings is 2.